The Hall–Kier alpha value is -0.870. The van der Waals surface area contributed by atoms with Crippen LogP contribution in [0, 0.1) is 0 Å². The molecular weight excluding hydrogens is 250 g/mol. The molecule has 1 N–H and O–H groups in total. The zero-order valence-electron chi connectivity index (χ0n) is 10.9. The minimum absolute atomic E-state index is 0.155. The van der Waals surface area contributed by atoms with Crippen LogP contribution in [0.1, 0.15) is 44.6 Å². The minimum atomic E-state index is 0.155. The summed E-state index contributed by atoms with van der Waals surface area (Å²) >= 11 is 6.19. The van der Waals surface area contributed by atoms with Gasteiger partial charge in [0.05, 0.1) is 12.6 Å². The first-order valence-electron chi connectivity index (χ1n) is 6.53. The third-order valence-corrected chi connectivity index (χ3v) is 3.80. The van der Waals surface area contributed by atoms with E-state index < -0.39 is 0 Å². The van der Waals surface area contributed by atoms with Crippen molar-refractivity contribution in [1.29, 1.82) is 0 Å². The lowest BCUT2D eigenvalue weighted by atomic mass is 9.99. The van der Waals surface area contributed by atoms with Crippen LogP contribution in [0.2, 0.25) is 5.15 Å². The molecule has 2 heterocycles. The molecule has 2 rings (SSSR count). The summed E-state index contributed by atoms with van der Waals surface area (Å²) in [5.41, 5.74) is 0.986. The van der Waals surface area contributed by atoms with Gasteiger partial charge in [0, 0.05) is 12.1 Å². The summed E-state index contributed by atoms with van der Waals surface area (Å²) in [5.74, 6) is 1.17. The van der Waals surface area contributed by atoms with Gasteiger partial charge < -0.3 is 10.0 Å². The summed E-state index contributed by atoms with van der Waals surface area (Å²) in [6.45, 7) is 5.27. The molecule has 1 unspecified atom stereocenters. The van der Waals surface area contributed by atoms with Crippen molar-refractivity contribution >= 4 is 17.4 Å². The summed E-state index contributed by atoms with van der Waals surface area (Å²) in [6.07, 6.45) is 4.81. The van der Waals surface area contributed by atoms with Crippen LogP contribution in [-0.4, -0.2) is 34.3 Å². The fraction of sp³-hybridized carbons (Fsp3) is 0.692. The first kappa shape index (κ1) is 13.6. The van der Waals surface area contributed by atoms with Crippen LogP contribution in [0.15, 0.2) is 6.33 Å². The second kappa shape index (κ2) is 5.85. The van der Waals surface area contributed by atoms with Crippen molar-refractivity contribution in [2.75, 3.05) is 18.1 Å². The van der Waals surface area contributed by atoms with Gasteiger partial charge in [-0.05, 0) is 25.2 Å². The molecule has 1 aromatic rings. The smallest absolute Gasteiger partial charge is 0.138 e. The maximum atomic E-state index is 9.50. The Morgan fingerprint density at radius 1 is 1.44 bits per heavy atom. The number of nitrogens with zero attached hydrogens (tertiary/aromatic N) is 3. The second-order valence-corrected chi connectivity index (χ2v) is 5.44. The Bertz CT molecular complexity index is 411. The van der Waals surface area contributed by atoms with Crippen LogP contribution >= 0.6 is 11.6 Å². The highest BCUT2D eigenvalue weighted by Gasteiger charge is 2.26. The molecule has 1 aliphatic rings. The average Bonchev–Trinajstić information content (AvgIpc) is 2.38. The van der Waals surface area contributed by atoms with Gasteiger partial charge >= 0.3 is 0 Å². The molecule has 1 aromatic heterocycles. The normalized spacial score (nSPS) is 20.5. The standard InChI is InChI=1S/C13H20ClN3O/c1-9(2)11-12(14)15-8-16-13(11)17-6-4-3-5-10(17)7-18/h8-10,18H,3-7H2,1-2H3. The van der Waals surface area contributed by atoms with E-state index in [1.165, 1.54) is 6.33 Å². The highest BCUT2D eigenvalue weighted by atomic mass is 35.5. The number of aliphatic hydroxyl groups is 1. The van der Waals surface area contributed by atoms with E-state index in [9.17, 15) is 5.11 Å². The number of hydrogen-bond donors (Lipinski definition) is 1. The zero-order valence-corrected chi connectivity index (χ0v) is 11.7. The number of rotatable bonds is 3. The summed E-state index contributed by atoms with van der Waals surface area (Å²) in [6, 6.07) is 0.155. The van der Waals surface area contributed by atoms with E-state index in [4.69, 9.17) is 11.6 Å². The SMILES string of the molecule is CC(C)c1c(Cl)ncnc1N1CCCCC1CO. The van der Waals surface area contributed by atoms with Crippen molar-refractivity contribution in [3.05, 3.63) is 17.0 Å². The van der Waals surface area contributed by atoms with Crippen molar-refractivity contribution in [1.82, 2.24) is 9.97 Å². The van der Waals surface area contributed by atoms with Crippen molar-refractivity contribution in [3.8, 4) is 0 Å². The molecule has 0 amide bonds. The molecule has 0 bridgehead atoms. The van der Waals surface area contributed by atoms with Crippen LogP contribution in [0.5, 0.6) is 0 Å². The summed E-state index contributed by atoms with van der Waals surface area (Å²) in [7, 11) is 0. The second-order valence-electron chi connectivity index (χ2n) is 5.08. The molecule has 100 valence electrons. The highest BCUT2D eigenvalue weighted by Crippen LogP contribution is 2.33. The third kappa shape index (κ3) is 2.59. The van der Waals surface area contributed by atoms with Crippen LogP contribution in [0.25, 0.3) is 0 Å². The summed E-state index contributed by atoms with van der Waals surface area (Å²) < 4.78 is 0. The van der Waals surface area contributed by atoms with Gasteiger partial charge in [-0.2, -0.15) is 0 Å². The van der Waals surface area contributed by atoms with E-state index in [0.29, 0.717) is 5.15 Å². The van der Waals surface area contributed by atoms with Crippen molar-refractivity contribution in [3.63, 3.8) is 0 Å². The number of aliphatic hydroxyl groups excluding tert-OH is 1. The van der Waals surface area contributed by atoms with Crippen molar-refractivity contribution < 1.29 is 5.11 Å². The third-order valence-electron chi connectivity index (χ3n) is 3.50. The Labute approximate surface area is 113 Å². The van der Waals surface area contributed by atoms with Gasteiger partial charge in [0.15, 0.2) is 0 Å². The topological polar surface area (TPSA) is 49.2 Å². The van der Waals surface area contributed by atoms with Crippen LogP contribution in [0.3, 0.4) is 0 Å². The number of aromatic nitrogens is 2. The van der Waals surface area contributed by atoms with Gasteiger partial charge in [-0.1, -0.05) is 25.4 Å². The fourth-order valence-electron chi connectivity index (χ4n) is 2.56. The predicted molar refractivity (Wildman–Crippen MR) is 73.2 cm³/mol. The van der Waals surface area contributed by atoms with Gasteiger partial charge in [-0.3, -0.25) is 0 Å². The number of anilines is 1. The molecule has 0 aromatic carbocycles. The van der Waals surface area contributed by atoms with Gasteiger partial charge in [-0.15, -0.1) is 0 Å². The van der Waals surface area contributed by atoms with Crippen LogP contribution in [-0.2, 0) is 0 Å². The quantitative estimate of drug-likeness (QED) is 0.857. The Balaban J connectivity index is 2.39. The van der Waals surface area contributed by atoms with Gasteiger partial charge in [0.25, 0.3) is 0 Å². The van der Waals surface area contributed by atoms with E-state index in [1.807, 2.05) is 0 Å². The number of hydrogen-bond acceptors (Lipinski definition) is 4. The molecule has 1 fully saturated rings. The van der Waals surface area contributed by atoms with Gasteiger partial charge in [0.2, 0.25) is 0 Å². The van der Waals surface area contributed by atoms with E-state index in [2.05, 4.69) is 28.7 Å². The monoisotopic (exact) mass is 269 g/mol. The van der Waals surface area contributed by atoms with Gasteiger partial charge in [0.1, 0.15) is 17.3 Å². The van der Waals surface area contributed by atoms with Crippen molar-refractivity contribution in [2.45, 2.75) is 45.1 Å². The molecule has 18 heavy (non-hydrogen) atoms. The first-order valence-corrected chi connectivity index (χ1v) is 6.90. The fourth-order valence-corrected chi connectivity index (χ4v) is 2.91. The molecule has 1 aliphatic heterocycles. The van der Waals surface area contributed by atoms with Gasteiger partial charge in [-0.25, -0.2) is 9.97 Å². The molecular formula is C13H20ClN3O. The maximum absolute atomic E-state index is 9.50. The lowest BCUT2D eigenvalue weighted by Crippen LogP contribution is -2.43. The molecule has 5 heteroatoms. The largest absolute Gasteiger partial charge is 0.394 e. The number of halogens is 1. The van der Waals surface area contributed by atoms with E-state index in [-0.39, 0.29) is 18.6 Å². The van der Waals surface area contributed by atoms with Crippen LogP contribution < -0.4 is 4.90 Å². The molecule has 1 saturated heterocycles. The Morgan fingerprint density at radius 3 is 2.89 bits per heavy atom. The minimum Gasteiger partial charge on any atom is -0.394 e. The Morgan fingerprint density at radius 2 is 2.22 bits per heavy atom. The molecule has 0 saturated carbocycles. The first-order chi connectivity index (χ1) is 8.65. The zero-order chi connectivity index (χ0) is 13.1. The maximum Gasteiger partial charge on any atom is 0.138 e. The molecule has 0 aliphatic carbocycles. The molecule has 0 spiro atoms. The predicted octanol–water partition coefficient (Wildman–Crippen LogP) is 2.60. The van der Waals surface area contributed by atoms with E-state index in [1.54, 1.807) is 0 Å². The Kier molecular flexibility index (Phi) is 4.40. The van der Waals surface area contributed by atoms with E-state index >= 15 is 0 Å². The van der Waals surface area contributed by atoms with Crippen LogP contribution in [0.4, 0.5) is 5.82 Å². The van der Waals surface area contributed by atoms with E-state index in [0.717, 1.165) is 37.2 Å². The molecule has 4 nitrogen and oxygen atoms in total. The molecule has 1 atom stereocenters. The van der Waals surface area contributed by atoms with Crippen molar-refractivity contribution in [2.24, 2.45) is 0 Å². The highest BCUT2D eigenvalue weighted by molar-refractivity contribution is 6.30. The summed E-state index contributed by atoms with van der Waals surface area (Å²) in [4.78, 5) is 10.7. The summed E-state index contributed by atoms with van der Waals surface area (Å²) in [5, 5.41) is 10.0. The molecule has 0 radical (unpaired) electrons. The lowest BCUT2D eigenvalue weighted by Gasteiger charge is -2.37. The lowest BCUT2D eigenvalue weighted by molar-refractivity contribution is 0.239. The number of piperidine rings is 1. The average molecular weight is 270 g/mol.